The van der Waals surface area contributed by atoms with Crippen LogP contribution in [0.5, 0.6) is 17.2 Å². The number of hydrogen-bond donors (Lipinski definition) is 3. The Balaban J connectivity index is 0.000000195. The standard InChI is InChI=1S/C15H21NO2.C15H21NO.BrH.ClH/c1-2-16-9-3-4-11-10-6-8-14(17)15(18)12(10)5-7-13(11)16;1-10-5-6-11-12-4-3-9-16-14(12)8-7-13(11)15(10)17-2;;/h6,8,11,13,17-18H,2-5,7,9H2,1H3;5-6,12,14,16H,3-4,7-9H2,1-2H3;2*1H/t11-,13+;12-,14+;;/m00../s1. The minimum Gasteiger partial charge on any atom is -0.504 e. The van der Waals surface area contributed by atoms with Gasteiger partial charge < -0.3 is 25.2 Å². The highest BCUT2D eigenvalue weighted by Gasteiger charge is 2.37. The number of methoxy groups -OCH3 is 1. The van der Waals surface area contributed by atoms with Crippen molar-refractivity contribution in [3.8, 4) is 17.2 Å². The molecule has 6 rings (SSSR count). The van der Waals surface area contributed by atoms with Crippen molar-refractivity contribution in [1.29, 1.82) is 0 Å². The van der Waals surface area contributed by atoms with Crippen LogP contribution in [0.15, 0.2) is 24.3 Å². The van der Waals surface area contributed by atoms with Gasteiger partial charge in [0, 0.05) is 17.6 Å². The van der Waals surface area contributed by atoms with Gasteiger partial charge in [-0.1, -0.05) is 25.1 Å². The predicted octanol–water partition coefficient (Wildman–Crippen LogP) is 6.40. The molecule has 3 N–H and O–H groups in total. The van der Waals surface area contributed by atoms with Gasteiger partial charge in [-0.3, -0.25) is 0 Å². The Morgan fingerprint density at radius 3 is 2.41 bits per heavy atom. The van der Waals surface area contributed by atoms with E-state index in [2.05, 4.69) is 36.2 Å². The lowest BCUT2D eigenvalue weighted by atomic mass is 9.74. The van der Waals surface area contributed by atoms with Crippen LogP contribution < -0.4 is 10.1 Å². The third-order valence-corrected chi connectivity index (χ3v) is 9.07. The third-order valence-electron chi connectivity index (χ3n) is 9.07. The van der Waals surface area contributed by atoms with E-state index in [-0.39, 0.29) is 40.9 Å². The number of aromatic hydroxyl groups is 2. The molecule has 0 amide bonds. The van der Waals surface area contributed by atoms with Gasteiger partial charge in [0.25, 0.3) is 0 Å². The van der Waals surface area contributed by atoms with E-state index >= 15 is 0 Å². The van der Waals surface area contributed by atoms with Gasteiger partial charge in [0.05, 0.1) is 7.11 Å². The summed E-state index contributed by atoms with van der Waals surface area (Å²) in [6, 6.07) is 9.52. The lowest BCUT2D eigenvalue weighted by Gasteiger charge is -2.44. The molecule has 2 fully saturated rings. The van der Waals surface area contributed by atoms with Crippen molar-refractivity contribution in [3.63, 3.8) is 0 Å². The van der Waals surface area contributed by atoms with E-state index < -0.39 is 0 Å². The fourth-order valence-electron chi connectivity index (χ4n) is 7.39. The van der Waals surface area contributed by atoms with Crippen molar-refractivity contribution in [2.24, 2.45) is 0 Å². The zero-order chi connectivity index (χ0) is 24.5. The van der Waals surface area contributed by atoms with E-state index in [9.17, 15) is 10.2 Å². The van der Waals surface area contributed by atoms with Crippen LogP contribution in [0.25, 0.3) is 0 Å². The molecule has 5 nitrogen and oxygen atoms in total. The summed E-state index contributed by atoms with van der Waals surface area (Å²) in [4.78, 5) is 2.57. The molecule has 7 heteroatoms. The Hall–Kier alpha value is -1.47. The van der Waals surface area contributed by atoms with Gasteiger partial charge in [-0.25, -0.2) is 0 Å². The number of phenols is 2. The van der Waals surface area contributed by atoms with Crippen LogP contribution in [0, 0.1) is 6.92 Å². The minimum absolute atomic E-state index is 0. The van der Waals surface area contributed by atoms with E-state index in [4.69, 9.17) is 4.74 Å². The maximum absolute atomic E-state index is 9.99. The molecule has 4 atom stereocenters. The van der Waals surface area contributed by atoms with Crippen LogP contribution in [-0.4, -0.2) is 53.9 Å². The largest absolute Gasteiger partial charge is 0.504 e. The van der Waals surface area contributed by atoms with Crippen molar-refractivity contribution < 1.29 is 14.9 Å². The molecule has 2 aliphatic carbocycles. The molecule has 2 heterocycles. The van der Waals surface area contributed by atoms with Gasteiger partial charge in [-0.05, 0) is 118 Å². The monoisotopic (exact) mass is 594 g/mol. The number of phenolic OH excluding ortho intramolecular Hbond substituents is 2. The highest BCUT2D eigenvalue weighted by atomic mass is 79.9. The molecule has 2 aliphatic heterocycles. The summed E-state index contributed by atoms with van der Waals surface area (Å²) in [5, 5.41) is 23.3. The Kier molecular flexibility index (Phi) is 10.6. The second-order valence-corrected chi connectivity index (χ2v) is 10.8. The summed E-state index contributed by atoms with van der Waals surface area (Å²) in [5.74, 6) is 2.51. The minimum atomic E-state index is 0. The number of piperidine rings is 2. The van der Waals surface area contributed by atoms with Gasteiger partial charge in [0.1, 0.15) is 5.75 Å². The number of nitrogens with one attached hydrogen (secondary N) is 1. The number of hydrogen-bond acceptors (Lipinski definition) is 5. The second kappa shape index (κ2) is 13.1. The fraction of sp³-hybridized carbons (Fsp3) is 0.600. The van der Waals surface area contributed by atoms with Crippen LogP contribution in [-0.2, 0) is 12.8 Å². The molecule has 2 aromatic rings. The lowest BCUT2D eigenvalue weighted by molar-refractivity contribution is 0.118. The number of rotatable bonds is 2. The third kappa shape index (κ3) is 5.78. The van der Waals surface area contributed by atoms with Crippen LogP contribution in [0.2, 0.25) is 0 Å². The Morgan fingerprint density at radius 2 is 1.65 bits per heavy atom. The topological polar surface area (TPSA) is 65.0 Å². The van der Waals surface area contributed by atoms with E-state index in [1.165, 1.54) is 67.4 Å². The quantitative estimate of drug-likeness (QED) is 0.351. The number of likely N-dealkylation sites (tertiary alicyclic amines) is 1. The molecule has 0 radical (unpaired) electrons. The van der Waals surface area contributed by atoms with Crippen molar-refractivity contribution in [2.75, 3.05) is 26.7 Å². The molecule has 0 spiro atoms. The highest BCUT2D eigenvalue weighted by molar-refractivity contribution is 8.93. The first-order chi connectivity index (χ1) is 17.0. The number of fused-ring (bicyclic) bond motifs is 6. The molecule has 0 bridgehead atoms. The first kappa shape index (κ1) is 30.1. The zero-order valence-electron chi connectivity index (χ0n) is 22.5. The van der Waals surface area contributed by atoms with Gasteiger partial charge in [-0.15, -0.1) is 29.4 Å². The molecule has 2 aromatic carbocycles. The Labute approximate surface area is 239 Å². The number of nitrogens with zero attached hydrogens (tertiary/aromatic N) is 1. The lowest BCUT2D eigenvalue weighted by Crippen LogP contribution is -2.46. The molecule has 0 saturated carbocycles. The number of ether oxygens (including phenoxy) is 1. The van der Waals surface area contributed by atoms with Crippen molar-refractivity contribution >= 4 is 29.4 Å². The zero-order valence-corrected chi connectivity index (χ0v) is 25.0. The molecule has 37 heavy (non-hydrogen) atoms. The Bertz CT molecular complexity index is 1070. The predicted molar refractivity (Wildman–Crippen MR) is 158 cm³/mol. The van der Waals surface area contributed by atoms with Crippen LogP contribution in [0.3, 0.4) is 0 Å². The second-order valence-electron chi connectivity index (χ2n) is 10.8. The number of halogens is 2. The van der Waals surface area contributed by atoms with Gasteiger partial charge in [0.15, 0.2) is 11.5 Å². The van der Waals surface area contributed by atoms with Crippen LogP contribution in [0.1, 0.15) is 85.1 Å². The molecule has 0 unspecified atom stereocenters. The summed E-state index contributed by atoms with van der Waals surface area (Å²) in [6.07, 6.45) is 9.48. The van der Waals surface area contributed by atoms with Gasteiger partial charge >= 0.3 is 0 Å². The summed E-state index contributed by atoms with van der Waals surface area (Å²) in [7, 11) is 1.80. The van der Waals surface area contributed by atoms with Crippen LogP contribution in [0.4, 0.5) is 0 Å². The number of benzene rings is 2. The summed E-state index contributed by atoms with van der Waals surface area (Å²) in [5.41, 5.74) is 6.52. The summed E-state index contributed by atoms with van der Waals surface area (Å²) in [6.45, 7) is 7.88. The summed E-state index contributed by atoms with van der Waals surface area (Å²) < 4.78 is 5.60. The first-order valence-corrected chi connectivity index (χ1v) is 13.7. The first-order valence-electron chi connectivity index (χ1n) is 13.7. The molecule has 4 aliphatic rings. The van der Waals surface area contributed by atoms with Gasteiger partial charge in [0.2, 0.25) is 0 Å². The van der Waals surface area contributed by atoms with Crippen LogP contribution >= 0.6 is 29.4 Å². The van der Waals surface area contributed by atoms with Crippen molar-refractivity contribution in [3.05, 3.63) is 52.1 Å². The van der Waals surface area contributed by atoms with E-state index in [1.807, 2.05) is 6.07 Å². The fourth-order valence-corrected chi connectivity index (χ4v) is 7.39. The van der Waals surface area contributed by atoms with Crippen molar-refractivity contribution in [1.82, 2.24) is 10.2 Å². The average Bonchev–Trinajstić information content (AvgIpc) is 2.90. The van der Waals surface area contributed by atoms with Crippen molar-refractivity contribution in [2.45, 2.75) is 89.1 Å². The average molecular weight is 596 g/mol. The maximum atomic E-state index is 9.99. The molecule has 0 aromatic heterocycles. The molecule has 206 valence electrons. The maximum Gasteiger partial charge on any atom is 0.160 e. The van der Waals surface area contributed by atoms with E-state index in [0.717, 1.165) is 37.1 Å². The molecular formula is C30H44BrClN2O3. The summed E-state index contributed by atoms with van der Waals surface area (Å²) >= 11 is 0. The van der Waals surface area contributed by atoms with E-state index in [1.54, 1.807) is 13.2 Å². The molecular weight excluding hydrogens is 552 g/mol. The Morgan fingerprint density at radius 1 is 0.946 bits per heavy atom. The normalized spacial score (nSPS) is 25.9. The smallest absolute Gasteiger partial charge is 0.160 e. The molecule has 2 saturated heterocycles. The number of aryl methyl sites for hydroxylation is 1. The number of likely N-dealkylation sites (N-methyl/N-ethyl adjacent to an activating group) is 1. The highest BCUT2D eigenvalue weighted by Crippen LogP contribution is 2.45. The van der Waals surface area contributed by atoms with Gasteiger partial charge in [-0.2, -0.15) is 0 Å². The van der Waals surface area contributed by atoms with E-state index in [0.29, 0.717) is 23.9 Å². The SMILES string of the molecule is Br.CCN1CCC[C@H]2c3ccc(O)c(O)c3CC[C@H]21.COc1c(C)ccc2c1CC[C@H]1NCCC[C@@H]21.Cl.